The molecule has 0 heterocycles. The number of aliphatic carboxylic acids is 1. The van der Waals surface area contributed by atoms with Crippen molar-refractivity contribution in [2.24, 2.45) is 17.8 Å². The van der Waals surface area contributed by atoms with Crippen molar-refractivity contribution in [2.45, 2.75) is 43.9 Å². The molecule has 2 N–H and O–H groups in total. The molecule has 0 saturated heterocycles. The number of phenolic OH excluding ortho intramolecular Hbond substituents is 1. The standard InChI is InChI=1S/C25H24Cl2O3/c26-20-8-14(1-4-23(29)30)9-21(27)24(20)18-2-3-22(28)19(10-18)25-11-15-5-16(12-25)7-17(6-15)13-25/h1-4,8-10,15-17,28H,5-7,11-13H2,(H,29,30). The van der Waals surface area contributed by atoms with Gasteiger partial charge in [0.1, 0.15) is 5.75 Å². The van der Waals surface area contributed by atoms with Crippen LogP contribution in [-0.2, 0) is 10.2 Å². The van der Waals surface area contributed by atoms with E-state index in [4.69, 9.17) is 28.3 Å². The van der Waals surface area contributed by atoms with Crippen LogP contribution in [-0.4, -0.2) is 16.2 Å². The van der Waals surface area contributed by atoms with E-state index in [1.165, 1.54) is 25.3 Å². The Kier molecular flexibility index (Phi) is 4.87. The van der Waals surface area contributed by atoms with Gasteiger partial charge in [0.25, 0.3) is 0 Å². The van der Waals surface area contributed by atoms with Gasteiger partial charge in [0.15, 0.2) is 0 Å². The van der Waals surface area contributed by atoms with Crippen molar-refractivity contribution in [3.63, 3.8) is 0 Å². The van der Waals surface area contributed by atoms with Gasteiger partial charge in [-0.05, 0) is 103 Å². The van der Waals surface area contributed by atoms with Gasteiger partial charge in [-0.3, -0.25) is 0 Å². The molecule has 4 aliphatic rings. The predicted octanol–water partition coefficient (Wildman–Crippen LogP) is 6.93. The lowest BCUT2D eigenvalue weighted by Gasteiger charge is -2.57. The maximum Gasteiger partial charge on any atom is 0.328 e. The van der Waals surface area contributed by atoms with Crippen molar-refractivity contribution >= 4 is 35.2 Å². The van der Waals surface area contributed by atoms with Crippen LogP contribution >= 0.6 is 23.2 Å². The fourth-order valence-corrected chi connectivity index (χ4v) is 7.41. The molecule has 0 aromatic heterocycles. The number of hydrogen-bond donors (Lipinski definition) is 2. The largest absolute Gasteiger partial charge is 0.508 e. The minimum Gasteiger partial charge on any atom is -0.508 e. The van der Waals surface area contributed by atoms with Crippen LogP contribution < -0.4 is 0 Å². The fraction of sp³-hybridized carbons (Fsp3) is 0.400. The molecule has 5 heteroatoms. The van der Waals surface area contributed by atoms with Crippen molar-refractivity contribution in [1.82, 2.24) is 0 Å². The molecule has 0 aliphatic heterocycles. The molecule has 0 atom stereocenters. The molecule has 4 fully saturated rings. The number of rotatable bonds is 4. The summed E-state index contributed by atoms with van der Waals surface area (Å²) in [4.78, 5) is 10.8. The minimum atomic E-state index is -1.02. The Balaban J connectivity index is 1.55. The maximum atomic E-state index is 10.8. The van der Waals surface area contributed by atoms with E-state index in [9.17, 15) is 9.90 Å². The number of phenols is 1. The van der Waals surface area contributed by atoms with Crippen molar-refractivity contribution < 1.29 is 15.0 Å². The van der Waals surface area contributed by atoms with Gasteiger partial charge in [0, 0.05) is 17.2 Å². The Morgan fingerprint density at radius 2 is 1.53 bits per heavy atom. The zero-order valence-electron chi connectivity index (χ0n) is 16.6. The van der Waals surface area contributed by atoms with Gasteiger partial charge in [-0.2, -0.15) is 0 Å². The van der Waals surface area contributed by atoms with Crippen molar-refractivity contribution in [2.75, 3.05) is 0 Å². The smallest absolute Gasteiger partial charge is 0.328 e. The highest BCUT2D eigenvalue weighted by Gasteiger charge is 2.52. The summed E-state index contributed by atoms with van der Waals surface area (Å²) in [6.45, 7) is 0. The Labute approximate surface area is 186 Å². The molecule has 4 bridgehead atoms. The molecule has 2 aromatic rings. The summed E-state index contributed by atoms with van der Waals surface area (Å²) < 4.78 is 0. The first-order valence-electron chi connectivity index (χ1n) is 10.6. The first kappa shape index (κ1) is 20.0. The molecule has 6 rings (SSSR count). The normalized spacial score (nSPS) is 29.6. The summed E-state index contributed by atoms with van der Waals surface area (Å²) in [5, 5.41) is 20.6. The van der Waals surface area contributed by atoms with E-state index in [0.29, 0.717) is 21.4 Å². The minimum absolute atomic E-state index is 0.0674. The maximum absolute atomic E-state index is 10.8. The molecule has 0 unspecified atom stereocenters. The van der Waals surface area contributed by atoms with Crippen molar-refractivity contribution in [1.29, 1.82) is 0 Å². The number of carboxylic acids is 1. The van der Waals surface area contributed by atoms with E-state index in [1.54, 1.807) is 18.2 Å². The molecule has 156 valence electrons. The topological polar surface area (TPSA) is 57.5 Å². The summed E-state index contributed by atoms with van der Waals surface area (Å²) in [7, 11) is 0. The van der Waals surface area contributed by atoms with E-state index >= 15 is 0 Å². The Hall–Kier alpha value is -1.97. The van der Waals surface area contributed by atoms with Gasteiger partial charge in [0.05, 0.1) is 10.0 Å². The van der Waals surface area contributed by atoms with Crippen LogP contribution in [0.15, 0.2) is 36.4 Å². The highest BCUT2D eigenvalue weighted by Crippen LogP contribution is 2.62. The molecule has 4 saturated carbocycles. The summed E-state index contributed by atoms with van der Waals surface area (Å²) in [5.74, 6) is 1.70. The lowest BCUT2D eigenvalue weighted by atomic mass is 9.48. The molecule has 3 nitrogen and oxygen atoms in total. The highest BCUT2D eigenvalue weighted by atomic mass is 35.5. The Morgan fingerprint density at radius 3 is 2.07 bits per heavy atom. The van der Waals surface area contributed by atoms with Gasteiger partial charge in [-0.25, -0.2) is 4.79 Å². The van der Waals surface area contributed by atoms with Crippen LogP contribution in [0.25, 0.3) is 17.2 Å². The summed E-state index contributed by atoms with van der Waals surface area (Å²) >= 11 is 13.1. The first-order chi connectivity index (χ1) is 14.3. The van der Waals surface area contributed by atoms with Crippen LogP contribution in [0.3, 0.4) is 0 Å². The average molecular weight is 443 g/mol. The van der Waals surface area contributed by atoms with Crippen LogP contribution in [0.5, 0.6) is 5.75 Å². The third-order valence-electron chi connectivity index (χ3n) is 7.38. The second-order valence-corrected chi connectivity index (χ2v) is 10.3. The Morgan fingerprint density at radius 1 is 0.967 bits per heavy atom. The summed E-state index contributed by atoms with van der Waals surface area (Å²) in [5.41, 5.74) is 3.36. The van der Waals surface area contributed by atoms with E-state index in [-0.39, 0.29) is 5.41 Å². The fourth-order valence-electron chi connectivity index (χ4n) is 6.69. The molecule has 0 radical (unpaired) electrons. The second-order valence-electron chi connectivity index (χ2n) is 9.46. The average Bonchev–Trinajstić information content (AvgIpc) is 2.66. The predicted molar refractivity (Wildman–Crippen MR) is 120 cm³/mol. The second kappa shape index (κ2) is 7.32. The number of halogens is 2. The van der Waals surface area contributed by atoms with Gasteiger partial charge in [0.2, 0.25) is 0 Å². The molecular formula is C25H24Cl2O3. The van der Waals surface area contributed by atoms with Gasteiger partial charge in [-0.1, -0.05) is 29.3 Å². The van der Waals surface area contributed by atoms with Gasteiger partial charge >= 0.3 is 5.97 Å². The van der Waals surface area contributed by atoms with Crippen molar-refractivity contribution in [3.8, 4) is 16.9 Å². The van der Waals surface area contributed by atoms with E-state index in [2.05, 4.69) is 6.07 Å². The van der Waals surface area contributed by atoms with Crippen LogP contribution in [0, 0.1) is 17.8 Å². The summed E-state index contributed by atoms with van der Waals surface area (Å²) in [6, 6.07) is 9.16. The third kappa shape index (κ3) is 3.42. The van der Waals surface area contributed by atoms with E-state index in [0.717, 1.165) is 59.8 Å². The lowest BCUT2D eigenvalue weighted by Crippen LogP contribution is -2.48. The first-order valence-corrected chi connectivity index (χ1v) is 11.3. The zero-order chi connectivity index (χ0) is 21.0. The molecule has 2 aromatic carbocycles. The quantitative estimate of drug-likeness (QED) is 0.504. The number of aromatic hydroxyl groups is 1. The third-order valence-corrected chi connectivity index (χ3v) is 7.97. The zero-order valence-corrected chi connectivity index (χ0v) is 18.1. The van der Waals surface area contributed by atoms with Crippen molar-refractivity contribution in [3.05, 3.63) is 57.6 Å². The van der Waals surface area contributed by atoms with E-state index < -0.39 is 5.97 Å². The van der Waals surface area contributed by atoms with Crippen LogP contribution in [0.4, 0.5) is 0 Å². The van der Waals surface area contributed by atoms with Crippen LogP contribution in [0.2, 0.25) is 10.0 Å². The number of carboxylic acid groups (broad SMARTS) is 1. The molecule has 4 aliphatic carbocycles. The Bertz CT molecular complexity index is 998. The SMILES string of the molecule is O=C(O)C=Cc1cc(Cl)c(-c2ccc(O)c(C34CC5CC(CC(C5)C3)C4)c2)c(Cl)c1. The molecular weight excluding hydrogens is 419 g/mol. The molecule has 0 spiro atoms. The number of hydrogen-bond acceptors (Lipinski definition) is 2. The highest BCUT2D eigenvalue weighted by molar-refractivity contribution is 6.39. The lowest BCUT2D eigenvalue weighted by molar-refractivity contribution is -0.131. The molecule has 0 amide bonds. The summed E-state index contributed by atoms with van der Waals surface area (Å²) in [6.07, 6.45) is 10.1. The number of carbonyl (C=O) groups is 1. The van der Waals surface area contributed by atoms with Gasteiger partial charge in [-0.15, -0.1) is 0 Å². The molecule has 30 heavy (non-hydrogen) atoms. The van der Waals surface area contributed by atoms with E-state index in [1.807, 2.05) is 6.07 Å². The monoisotopic (exact) mass is 442 g/mol. The van der Waals surface area contributed by atoms with Gasteiger partial charge < -0.3 is 10.2 Å². The number of benzene rings is 2. The van der Waals surface area contributed by atoms with Crippen LogP contribution in [0.1, 0.15) is 49.7 Å².